The Morgan fingerprint density at radius 1 is 1.24 bits per heavy atom. The number of carbonyl (C=O) groups is 3. The van der Waals surface area contributed by atoms with Gasteiger partial charge in [-0.05, 0) is 43.3 Å². The minimum absolute atomic E-state index is 0.0988. The maximum Gasteiger partial charge on any atom is 0.318 e. The van der Waals surface area contributed by atoms with Crippen molar-refractivity contribution in [2.45, 2.75) is 12.8 Å². The Bertz CT molecular complexity index is 975. The smallest absolute Gasteiger partial charge is 0.318 e. The highest BCUT2D eigenvalue weighted by molar-refractivity contribution is 6.08. The summed E-state index contributed by atoms with van der Waals surface area (Å²) >= 11 is 0. The normalized spacial score (nSPS) is 12.4. The molecule has 29 heavy (non-hydrogen) atoms. The molecule has 0 fully saturated rings. The number of anilines is 1. The van der Waals surface area contributed by atoms with Gasteiger partial charge in [-0.1, -0.05) is 0 Å². The molecule has 0 aliphatic rings. The molecule has 0 radical (unpaired) electrons. The van der Waals surface area contributed by atoms with Crippen LogP contribution in [0.3, 0.4) is 0 Å². The summed E-state index contributed by atoms with van der Waals surface area (Å²) in [6.07, 6.45) is 1.37. The number of amidine groups is 1. The van der Waals surface area contributed by atoms with Crippen LogP contribution in [0.15, 0.2) is 47.1 Å². The van der Waals surface area contributed by atoms with E-state index in [-0.39, 0.29) is 18.1 Å². The molecule has 5 N–H and O–H groups in total. The molecule has 2 aromatic rings. The number of furan rings is 1. The van der Waals surface area contributed by atoms with Crippen LogP contribution < -0.4 is 16.4 Å². The summed E-state index contributed by atoms with van der Waals surface area (Å²) in [7, 11) is 0. The van der Waals surface area contributed by atoms with Crippen molar-refractivity contribution in [2.75, 3.05) is 18.4 Å². The molecule has 150 valence electrons. The second-order valence-electron chi connectivity index (χ2n) is 5.65. The highest BCUT2D eigenvalue weighted by Gasteiger charge is 2.25. The van der Waals surface area contributed by atoms with E-state index in [0.717, 1.165) is 0 Å². The van der Waals surface area contributed by atoms with Gasteiger partial charge in [-0.3, -0.25) is 19.8 Å². The van der Waals surface area contributed by atoms with Crippen LogP contribution in [0.5, 0.6) is 0 Å². The van der Waals surface area contributed by atoms with Crippen LogP contribution in [-0.4, -0.2) is 36.7 Å². The number of nitrogens with two attached hydrogens (primary N) is 1. The fourth-order valence-corrected chi connectivity index (χ4v) is 2.24. The fourth-order valence-electron chi connectivity index (χ4n) is 2.24. The molecule has 1 heterocycles. The summed E-state index contributed by atoms with van der Waals surface area (Å²) in [6.45, 7) is 0.132. The van der Waals surface area contributed by atoms with Crippen molar-refractivity contribution in [3.8, 4) is 11.8 Å². The zero-order valence-corrected chi connectivity index (χ0v) is 15.5. The van der Waals surface area contributed by atoms with Crippen LogP contribution >= 0.6 is 0 Å². The number of rotatable bonds is 7. The Hall–Kier alpha value is -4.06. The lowest BCUT2D eigenvalue weighted by Gasteiger charge is -2.13. The quantitative estimate of drug-likeness (QED) is 0.237. The molecule has 1 aromatic carbocycles. The molecule has 2 rings (SSSR count). The maximum atomic E-state index is 12.1. The monoisotopic (exact) mass is 397 g/mol. The standard InChI is InChI=1S/C20H20N4O5/c1-2-28-20(27)15(16-4-3-11-29-16)12-23-17(25)9-10-18(26)24-14-7-5-13(6-8-14)19(21)22/h3-8,11,15H,2,12H2,1H3,(H3,21,22)(H,23,25)(H,24,26)/i2D. The lowest BCUT2D eigenvalue weighted by Crippen LogP contribution is -2.31. The van der Waals surface area contributed by atoms with Crippen molar-refractivity contribution in [2.24, 2.45) is 5.73 Å². The van der Waals surface area contributed by atoms with Crippen molar-refractivity contribution in [3.05, 3.63) is 54.0 Å². The molecular weight excluding hydrogens is 376 g/mol. The minimum atomic E-state index is -1.07. The Morgan fingerprint density at radius 2 is 1.93 bits per heavy atom. The molecule has 0 aliphatic carbocycles. The van der Waals surface area contributed by atoms with E-state index in [4.69, 9.17) is 21.7 Å². The average molecular weight is 397 g/mol. The minimum Gasteiger partial charge on any atom is -0.468 e. The second-order valence-corrected chi connectivity index (χ2v) is 5.65. The van der Waals surface area contributed by atoms with Gasteiger partial charge >= 0.3 is 11.9 Å². The zero-order valence-electron chi connectivity index (χ0n) is 16.5. The van der Waals surface area contributed by atoms with Crippen LogP contribution in [0, 0.1) is 17.3 Å². The van der Waals surface area contributed by atoms with Crippen molar-refractivity contribution >= 4 is 29.3 Å². The molecular formula is C20H20N4O5. The summed E-state index contributed by atoms with van der Waals surface area (Å²) < 4.78 is 17.4. The van der Waals surface area contributed by atoms with Crippen LogP contribution in [0.2, 0.25) is 0 Å². The van der Waals surface area contributed by atoms with Gasteiger partial charge in [-0.2, -0.15) is 0 Å². The highest BCUT2D eigenvalue weighted by Crippen LogP contribution is 2.17. The van der Waals surface area contributed by atoms with Crippen LogP contribution in [-0.2, 0) is 19.1 Å². The Labute approximate surface area is 168 Å². The fraction of sp³-hybridized carbons (Fsp3) is 0.200. The predicted molar refractivity (Wildman–Crippen MR) is 105 cm³/mol. The Morgan fingerprint density at radius 3 is 2.52 bits per heavy atom. The first-order valence-corrected chi connectivity index (χ1v) is 8.47. The SMILES string of the molecule is [2H]C(C)OC(=O)C(CNC(=O)C#CC(=O)Nc1ccc(C(=N)N)cc1)c1ccco1. The number of nitrogen functional groups attached to an aromatic ring is 1. The maximum absolute atomic E-state index is 12.1. The van der Waals surface area contributed by atoms with E-state index >= 15 is 0 Å². The van der Waals surface area contributed by atoms with Gasteiger partial charge in [0.05, 0.1) is 14.2 Å². The molecule has 1 aromatic heterocycles. The van der Waals surface area contributed by atoms with Gasteiger partial charge in [0.2, 0.25) is 0 Å². The molecule has 2 atom stereocenters. The topological polar surface area (TPSA) is 148 Å². The van der Waals surface area contributed by atoms with Gasteiger partial charge in [-0.25, -0.2) is 0 Å². The molecule has 2 amide bonds. The molecule has 0 saturated carbocycles. The van der Waals surface area contributed by atoms with Gasteiger partial charge in [-0.15, -0.1) is 0 Å². The highest BCUT2D eigenvalue weighted by atomic mass is 16.5. The van der Waals surface area contributed by atoms with Gasteiger partial charge in [0, 0.05) is 29.6 Å². The van der Waals surface area contributed by atoms with E-state index in [1.807, 2.05) is 0 Å². The number of amides is 2. The lowest BCUT2D eigenvalue weighted by atomic mass is 10.1. The third-order valence-corrected chi connectivity index (χ3v) is 3.62. The third-order valence-electron chi connectivity index (χ3n) is 3.62. The number of benzene rings is 1. The van der Waals surface area contributed by atoms with Crippen molar-refractivity contribution in [1.29, 1.82) is 5.41 Å². The first-order chi connectivity index (χ1) is 14.3. The first-order valence-electron chi connectivity index (χ1n) is 9.05. The van der Waals surface area contributed by atoms with Crippen LogP contribution in [0.4, 0.5) is 5.69 Å². The van der Waals surface area contributed by atoms with E-state index in [1.165, 1.54) is 13.2 Å². The molecule has 2 unspecified atom stereocenters. The van der Waals surface area contributed by atoms with E-state index in [9.17, 15) is 14.4 Å². The molecule has 0 saturated heterocycles. The predicted octanol–water partition coefficient (Wildman–Crippen LogP) is 0.969. The van der Waals surface area contributed by atoms with Gasteiger partial charge < -0.3 is 25.5 Å². The van der Waals surface area contributed by atoms with Gasteiger partial charge in [0.25, 0.3) is 5.91 Å². The average Bonchev–Trinajstić information content (AvgIpc) is 3.21. The molecule has 0 aliphatic heterocycles. The number of ether oxygens (including phenoxy) is 1. The summed E-state index contributed by atoms with van der Waals surface area (Å²) in [5.74, 6) is 1.26. The van der Waals surface area contributed by atoms with Gasteiger partial charge in [0.15, 0.2) is 0 Å². The molecule has 9 nitrogen and oxygen atoms in total. The van der Waals surface area contributed by atoms with Crippen molar-refractivity contribution in [1.82, 2.24) is 5.32 Å². The number of hydrogen-bond acceptors (Lipinski definition) is 6. The lowest BCUT2D eigenvalue weighted by molar-refractivity contribution is -0.145. The second kappa shape index (κ2) is 10.3. The summed E-state index contributed by atoms with van der Waals surface area (Å²) in [5.41, 5.74) is 6.28. The number of nitrogens with one attached hydrogen (secondary N) is 3. The van der Waals surface area contributed by atoms with E-state index in [0.29, 0.717) is 11.3 Å². The first kappa shape index (κ1) is 19.7. The molecule has 9 heteroatoms. The van der Waals surface area contributed by atoms with E-state index < -0.39 is 30.3 Å². The van der Waals surface area contributed by atoms with Crippen LogP contribution in [0.25, 0.3) is 0 Å². The summed E-state index contributed by atoms with van der Waals surface area (Å²) in [6, 6.07) is 9.33. The summed E-state index contributed by atoms with van der Waals surface area (Å²) in [4.78, 5) is 35.9. The largest absolute Gasteiger partial charge is 0.468 e. The number of hydrogen-bond donors (Lipinski definition) is 4. The van der Waals surface area contributed by atoms with Gasteiger partial charge in [0.1, 0.15) is 17.5 Å². The van der Waals surface area contributed by atoms with Crippen LogP contribution in [0.1, 0.15) is 25.5 Å². The van der Waals surface area contributed by atoms with E-state index in [2.05, 4.69) is 22.5 Å². The Kier molecular flexibility index (Phi) is 7.01. The van der Waals surface area contributed by atoms with E-state index in [1.54, 1.807) is 36.4 Å². The zero-order chi connectivity index (χ0) is 22.1. The molecule has 0 bridgehead atoms. The third kappa shape index (κ3) is 6.55. The van der Waals surface area contributed by atoms with Crippen molar-refractivity contribution < 1.29 is 24.9 Å². The Balaban J connectivity index is 1.92. The van der Waals surface area contributed by atoms with Crippen molar-refractivity contribution in [3.63, 3.8) is 0 Å². The summed E-state index contributed by atoms with van der Waals surface area (Å²) in [5, 5.41) is 12.2. The number of carbonyl (C=O) groups excluding carboxylic acids is 3. The molecule has 0 spiro atoms. The number of esters is 1.